The summed E-state index contributed by atoms with van der Waals surface area (Å²) in [5.41, 5.74) is 0.417. The average molecular weight is 273 g/mol. The maximum Gasteiger partial charge on any atom is 0.312 e. The molecule has 0 spiro atoms. The maximum atomic E-state index is 11.2. The van der Waals surface area contributed by atoms with Gasteiger partial charge in [-0.2, -0.15) is 8.42 Å². The normalized spacial score (nSPS) is 10.7. The first-order valence-corrected chi connectivity index (χ1v) is 6.23. The number of hydrogen-bond acceptors (Lipinski definition) is 4. The van der Waals surface area contributed by atoms with Crippen molar-refractivity contribution >= 4 is 33.5 Å². The van der Waals surface area contributed by atoms with Crippen molar-refractivity contribution in [3.05, 3.63) is 24.3 Å². The van der Waals surface area contributed by atoms with E-state index in [0.29, 0.717) is 0 Å². The van der Waals surface area contributed by atoms with Gasteiger partial charge in [-0.3, -0.25) is 14.3 Å². The average Bonchev–Trinajstić information content (AvgIpc) is 2.13. The van der Waals surface area contributed by atoms with Gasteiger partial charge in [-0.05, 0) is 18.2 Å². The predicted octanol–water partition coefficient (Wildman–Crippen LogP) is -0.285. The number of amides is 1. The van der Waals surface area contributed by atoms with E-state index in [1.807, 2.05) is 4.72 Å². The predicted molar refractivity (Wildman–Crippen MR) is 64.1 cm³/mol. The molecule has 0 saturated heterocycles. The number of nitrogens with one attached hydrogen (secondary N) is 2. The van der Waals surface area contributed by atoms with Crippen LogP contribution in [0.15, 0.2) is 24.3 Å². The molecule has 0 bridgehead atoms. The first-order chi connectivity index (χ1) is 8.26. The van der Waals surface area contributed by atoms with E-state index >= 15 is 0 Å². The zero-order chi connectivity index (χ0) is 13.8. The number of hydrogen-bond donors (Lipinski definition) is 4. The number of benzene rings is 1. The molecule has 0 atom stereocenters. The summed E-state index contributed by atoms with van der Waals surface area (Å²) in [4.78, 5) is 21.4. The van der Waals surface area contributed by atoms with Gasteiger partial charge in [0.15, 0.2) is 0 Å². The Morgan fingerprint density at radius 2 is 1.89 bits per heavy atom. The Kier molecular flexibility index (Phi) is 4.23. The molecule has 9 heteroatoms. The SMILES string of the molecule is NS(=O)(=O)Nc1cccc(NC(=O)CC(=O)O)c1. The summed E-state index contributed by atoms with van der Waals surface area (Å²) >= 11 is 0. The molecule has 0 radical (unpaired) electrons. The number of nitrogens with two attached hydrogens (primary N) is 1. The van der Waals surface area contributed by atoms with E-state index in [2.05, 4.69) is 5.32 Å². The Labute approximate surface area is 103 Å². The fourth-order valence-electron chi connectivity index (χ4n) is 1.17. The number of anilines is 2. The molecule has 0 saturated carbocycles. The van der Waals surface area contributed by atoms with Crippen LogP contribution in [0.4, 0.5) is 11.4 Å². The summed E-state index contributed by atoms with van der Waals surface area (Å²) in [6.07, 6.45) is -0.674. The number of carboxylic acids is 1. The van der Waals surface area contributed by atoms with E-state index in [4.69, 9.17) is 10.2 Å². The van der Waals surface area contributed by atoms with Crippen molar-refractivity contribution in [1.82, 2.24) is 0 Å². The molecule has 0 fully saturated rings. The molecule has 0 aromatic heterocycles. The van der Waals surface area contributed by atoms with Gasteiger partial charge in [0.05, 0.1) is 5.69 Å². The molecular weight excluding hydrogens is 262 g/mol. The molecule has 0 aliphatic carbocycles. The largest absolute Gasteiger partial charge is 0.481 e. The summed E-state index contributed by atoms with van der Waals surface area (Å²) in [6.45, 7) is 0. The van der Waals surface area contributed by atoms with Gasteiger partial charge in [0, 0.05) is 5.69 Å². The number of rotatable bonds is 5. The van der Waals surface area contributed by atoms with Crippen LogP contribution in [0.3, 0.4) is 0 Å². The minimum Gasteiger partial charge on any atom is -0.481 e. The van der Waals surface area contributed by atoms with Crippen LogP contribution in [-0.2, 0) is 19.8 Å². The Morgan fingerprint density at radius 1 is 1.28 bits per heavy atom. The number of carboxylic acid groups (broad SMARTS) is 1. The van der Waals surface area contributed by atoms with Gasteiger partial charge >= 0.3 is 5.97 Å². The van der Waals surface area contributed by atoms with Crippen LogP contribution in [0.25, 0.3) is 0 Å². The molecule has 98 valence electrons. The van der Waals surface area contributed by atoms with E-state index in [-0.39, 0.29) is 11.4 Å². The van der Waals surface area contributed by atoms with Crippen molar-refractivity contribution in [3.63, 3.8) is 0 Å². The number of aliphatic carboxylic acids is 1. The highest BCUT2D eigenvalue weighted by Gasteiger charge is 2.08. The van der Waals surface area contributed by atoms with E-state index in [1.54, 1.807) is 0 Å². The summed E-state index contributed by atoms with van der Waals surface area (Å²) in [5.74, 6) is -1.97. The zero-order valence-corrected chi connectivity index (χ0v) is 9.90. The van der Waals surface area contributed by atoms with E-state index in [0.717, 1.165) is 0 Å². The van der Waals surface area contributed by atoms with Crippen LogP contribution in [0, 0.1) is 0 Å². The quantitative estimate of drug-likeness (QED) is 0.546. The third kappa shape index (κ3) is 5.27. The van der Waals surface area contributed by atoms with Crippen LogP contribution < -0.4 is 15.2 Å². The number of carbonyl (C=O) groups is 2. The lowest BCUT2D eigenvalue weighted by atomic mass is 10.2. The second-order valence-electron chi connectivity index (χ2n) is 3.35. The Balaban J connectivity index is 2.76. The van der Waals surface area contributed by atoms with Crippen LogP contribution in [0.2, 0.25) is 0 Å². The lowest BCUT2D eigenvalue weighted by Crippen LogP contribution is -2.22. The van der Waals surface area contributed by atoms with E-state index in [1.165, 1.54) is 24.3 Å². The topological polar surface area (TPSA) is 139 Å². The lowest BCUT2D eigenvalue weighted by molar-refractivity contribution is -0.139. The molecule has 1 amide bonds. The molecule has 18 heavy (non-hydrogen) atoms. The first-order valence-electron chi connectivity index (χ1n) is 4.68. The summed E-state index contributed by atoms with van der Waals surface area (Å²) in [5, 5.41) is 15.5. The molecule has 0 aliphatic heterocycles. The summed E-state index contributed by atoms with van der Waals surface area (Å²) in [7, 11) is -3.90. The first kappa shape index (κ1) is 13.9. The summed E-state index contributed by atoms with van der Waals surface area (Å²) < 4.78 is 23.6. The second-order valence-corrected chi connectivity index (χ2v) is 4.64. The molecule has 5 N–H and O–H groups in total. The van der Waals surface area contributed by atoms with Crippen molar-refractivity contribution in [1.29, 1.82) is 0 Å². The van der Waals surface area contributed by atoms with Crippen molar-refractivity contribution in [3.8, 4) is 0 Å². The van der Waals surface area contributed by atoms with Crippen LogP contribution in [-0.4, -0.2) is 25.4 Å². The molecule has 0 aliphatic rings. The molecule has 0 unspecified atom stereocenters. The highest BCUT2D eigenvalue weighted by molar-refractivity contribution is 7.90. The lowest BCUT2D eigenvalue weighted by Gasteiger charge is -2.07. The Bertz CT molecular complexity index is 569. The van der Waals surface area contributed by atoms with Crippen LogP contribution in [0.5, 0.6) is 0 Å². The van der Waals surface area contributed by atoms with Crippen molar-refractivity contribution < 1.29 is 23.1 Å². The van der Waals surface area contributed by atoms with Gasteiger partial charge in [-0.25, -0.2) is 5.14 Å². The fourth-order valence-corrected chi connectivity index (χ4v) is 1.62. The van der Waals surface area contributed by atoms with Gasteiger partial charge in [-0.15, -0.1) is 0 Å². The smallest absolute Gasteiger partial charge is 0.312 e. The Hall–Kier alpha value is -2.13. The van der Waals surface area contributed by atoms with Gasteiger partial charge < -0.3 is 10.4 Å². The van der Waals surface area contributed by atoms with E-state index in [9.17, 15) is 18.0 Å². The second kappa shape index (κ2) is 5.47. The third-order valence-electron chi connectivity index (χ3n) is 1.72. The minimum absolute atomic E-state index is 0.158. The minimum atomic E-state index is -3.90. The van der Waals surface area contributed by atoms with E-state index < -0.39 is 28.5 Å². The Morgan fingerprint density at radius 3 is 2.44 bits per heavy atom. The van der Waals surface area contributed by atoms with Crippen molar-refractivity contribution in [2.45, 2.75) is 6.42 Å². The zero-order valence-electron chi connectivity index (χ0n) is 9.08. The number of carbonyl (C=O) groups excluding carboxylic acids is 1. The monoisotopic (exact) mass is 273 g/mol. The molecule has 1 aromatic rings. The van der Waals surface area contributed by atoms with Gasteiger partial charge in [0.2, 0.25) is 5.91 Å². The van der Waals surface area contributed by atoms with Gasteiger partial charge in [-0.1, -0.05) is 6.07 Å². The van der Waals surface area contributed by atoms with Crippen molar-refractivity contribution in [2.75, 3.05) is 10.0 Å². The molecule has 8 nitrogen and oxygen atoms in total. The van der Waals surface area contributed by atoms with Crippen LogP contribution in [0.1, 0.15) is 6.42 Å². The maximum absolute atomic E-state index is 11.2. The highest BCUT2D eigenvalue weighted by Crippen LogP contribution is 2.15. The molecule has 1 rings (SSSR count). The molecule has 0 heterocycles. The third-order valence-corrected chi connectivity index (χ3v) is 2.24. The fraction of sp³-hybridized carbons (Fsp3) is 0.111. The van der Waals surface area contributed by atoms with Crippen molar-refractivity contribution in [2.24, 2.45) is 5.14 Å². The molecule has 1 aromatic carbocycles. The van der Waals surface area contributed by atoms with Gasteiger partial charge in [0.25, 0.3) is 10.2 Å². The summed E-state index contributed by atoms with van der Waals surface area (Å²) in [6, 6.07) is 5.69. The van der Waals surface area contributed by atoms with Gasteiger partial charge in [0.1, 0.15) is 6.42 Å². The highest BCUT2D eigenvalue weighted by atomic mass is 32.2. The molecular formula is C9H11N3O5S. The standard InChI is InChI=1S/C9H11N3O5S/c10-18(16,17)12-7-3-1-2-6(4-7)11-8(13)5-9(14)15/h1-4,12H,5H2,(H,11,13)(H,14,15)(H2,10,16,17). The van der Waals surface area contributed by atoms with Crippen LogP contribution >= 0.6 is 0 Å².